The first-order chi connectivity index (χ1) is 11.9. The van der Waals surface area contributed by atoms with Crippen LogP contribution in [0, 0.1) is 20.8 Å². The van der Waals surface area contributed by atoms with E-state index in [9.17, 15) is 4.79 Å². The Kier molecular flexibility index (Phi) is 4.90. The second-order valence-electron chi connectivity index (χ2n) is 6.02. The number of aromatic nitrogens is 4. The fourth-order valence-electron chi connectivity index (χ4n) is 2.63. The minimum absolute atomic E-state index is 0.101. The van der Waals surface area contributed by atoms with Crippen molar-refractivity contribution in [2.45, 2.75) is 33.9 Å². The number of carbonyl (C=O) groups excluding carboxylic acids is 1. The highest BCUT2D eigenvalue weighted by Crippen LogP contribution is 2.18. The number of benzene rings is 1. The molecule has 1 amide bonds. The number of anilines is 1. The third-order valence-electron chi connectivity index (χ3n) is 4.09. The van der Waals surface area contributed by atoms with Gasteiger partial charge in [0.15, 0.2) is 5.82 Å². The molecule has 3 aromatic rings. The molecule has 130 valence electrons. The summed E-state index contributed by atoms with van der Waals surface area (Å²) < 4.78 is 3.40. The summed E-state index contributed by atoms with van der Waals surface area (Å²) in [6.45, 7) is 6.49. The number of halogens is 1. The molecule has 0 bridgehead atoms. The number of amides is 1. The van der Waals surface area contributed by atoms with Gasteiger partial charge >= 0.3 is 0 Å². The van der Waals surface area contributed by atoms with Crippen LogP contribution in [0.25, 0.3) is 0 Å². The molecule has 2 heterocycles. The van der Waals surface area contributed by atoms with Gasteiger partial charge in [-0.1, -0.05) is 35.9 Å². The molecule has 0 saturated carbocycles. The van der Waals surface area contributed by atoms with Crippen LogP contribution in [-0.4, -0.2) is 25.5 Å². The minimum Gasteiger partial charge on any atom is -0.308 e. The van der Waals surface area contributed by atoms with Crippen LogP contribution < -0.4 is 5.32 Å². The fourth-order valence-corrected chi connectivity index (χ4v) is 2.76. The second kappa shape index (κ2) is 7.11. The summed E-state index contributed by atoms with van der Waals surface area (Å²) in [5, 5.41) is 12.0. The van der Waals surface area contributed by atoms with E-state index in [1.54, 1.807) is 15.4 Å². The normalized spacial score (nSPS) is 10.9. The number of nitrogens with one attached hydrogen (secondary N) is 1. The summed E-state index contributed by atoms with van der Waals surface area (Å²) in [6.07, 6.45) is 1.85. The van der Waals surface area contributed by atoms with Crippen molar-refractivity contribution in [3.63, 3.8) is 0 Å². The molecule has 25 heavy (non-hydrogen) atoms. The van der Waals surface area contributed by atoms with Crippen LogP contribution in [0.5, 0.6) is 0 Å². The topological polar surface area (TPSA) is 64.7 Å². The van der Waals surface area contributed by atoms with Gasteiger partial charge < -0.3 is 5.32 Å². The quantitative estimate of drug-likeness (QED) is 0.761. The highest BCUT2D eigenvalue weighted by Gasteiger charge is 2.13. The highest BCUT2D eigenvalue weighted by atomic mass is 35.5. The fraction of sp³-hybridized carbons (Fsp3) is 0.278. The molecule has 0 fully saturated rings. The van der Waals surface area contributed by atoms with Gasteiger partial charge in [-0.25, -0.2) is 0 Å². The van der Waals surface area contributed by atoms with E-state index in [1.807, 2.05) is 32.2 Å². The lowest BCUT2D eigenvalue weighted by Crippen LogP contribution is -2.20. The van der Waals surface area contributed by atoms with Gasteiger partial charge in [0.25, 0.3) is 0 Å². The Bertz CT molecular complexity index is 912. The van der Waals surface area contributed by atoms with E-state index in [4.69, 9.17) is 11.6 Å². The molecule has 0 unspecified atom stereocenters. The van der Waals surface area contributed by atoms with E-state index in [-0.39, 0.29) is 12.5 Å². The van der Waals surface area contributed by atoms with Gasteiger partial charge in [-0.15, -0.1) is 0 Å². The molecule has 0 aliphatic rings. The third-order valence-corrected chi connectivity index (χ3v) is 4.64. The zero-order valence-corrected chi connectivity index (χ0v) is 15.2. The van der Waals surface area contributed by atoms with Gasteiger partial charge in [0.2, 0.25) is 5.91 Å². The molecule has 6 nitrogen and oxygen atoms in total. The summed E-state index contributed by atoms with van der Waals surface area (Å²) in [5.41, 5.74) is 3.90. The van der Waals surface area contributed by atoms with Crippen molar-refractivity contribution < 1.29 is 4.79 Å². The number of hydrogen-bond donors (Lipinski definition) is 1. The van der Waals surface area contributed by atoms with Crippen molar-refractivity contribution in [2.24, 2.45) is 0 Å². The van der Waals surface area contributed by atoms with Crippen LogP contribution in [0.1, 0.15) is 22.5 Å². The molecule has 0 atom stereocenters. The summed E-state index contributed by atoms with van der Waals surface area (Å²) in [5.74, 6) is 0.328. The molecular formula is C18H20ClN5O. The van der Waals surface area contributed by atoms with E-state index < -0.39 is 0 Å². The van der Waals surface area contributed by atoms with E-state index in [2.05, 4.69) is 34.6 Å². The summed E-state index contributed by atoms with van der Waals surface area (Å²) in [6, 6.07) is 9.94. The molecule has 0 radical (unpaired) electrons. The first-order valence-electron chi connectivity index (χ1n) is 8.01. The standard InChI is InChI=1S/C18H20ClN5O/c1-12-6-4-5-7-15(12)10-23-9-8-16(22-23)20-17(25)11-24-14(3)18(19)13(2)21-24/h4-9H,10-11H2,1-3H3,(H,20,22,25). The predicted molar refractivity (Wildman–Crippen MR) is 97.8 cm³/mol. The Morgan fingerprint density at radius 3 is 2.60 bits per heavy atom. The van der Waals surface area contributed by atoms with Crippen LogP contribution in [0.4, 0.5) is 5.82 Å². The number of carbonyl (C=O) groups is 1. The van der Waals surface area contributed by atoms with Crippen LogP contribution in [0.3, 0.4) is 0 Å². The van der Waals surface area contributed by atoms with E-state index in [1.165, 1.54) is 11.1 Å². The first kappa shape index (κ1) is 17.2. The van der Waals surface area contributed by atoms with Crippen molar-refractivity contribution in [1.82, 2.24) is 19.6 Å². The molecule has 7 heteroatoms. The number of aryl methyl sites for hydroxylation is 2. The maximum atomic E-state index is 12.2. The lowest BCUT2D eigenvalue weighted by molar-refractivity contribution is -0.117. The van der Waals surface area contributed by atoms with Crippen LogP contribution in [0.2, 0.25) is 5.02 Å². The lowest BCUT2D eigenvalue weighted by Gasteiger charge is -2.06. The largest absolute Gasteiger partial charge is 0.308 e. The Balaban J connectivity index is 1.64. The smallest absolute Gasteiger partial charge is 0.247 e. The van der Waals surface area contributed by atoms with Crippen molar-refractivity contribution in [3.05, 3.63) is 64.1 Å². The van der Waals surface area contributed by atoms with Gasteiger partial charge in [-0.05, 0) is 31.9 Å². The first-order valence-corrected chi connectivity index (χ1v) is 8.39. The molecule has 2 aromatic heterocycles. The zero-order valence-electron chi connectivity index (χ0n) is 14.5. The number of nitrogens with zero attached hydrogens (tertiary/aromatic N) is 4. The third kappa shape index (κ3) is 3.91. The Labute approximate surface area is 151 Å². The van der Waals surface area contributed by atoms with Gasteiger partial charge in [0.1, 0.15) is 6.54 Å². The maximum Gasteiger partial charge on any atom is 0.247 e. The SMILES string of the molecule is Cc1ccccc1Cn1ccc(NC(=O)Cn2nc(C)c(Cl)c2C)n1. The maximum absolute atomic E-state index is 12.2. The Hall–Kier alpha value is -2.60. The molecule has 1 aromatic carbocycles. The molecule has 0 spiro atoms. The van der Waals surface area contributed by atoms with Crippen molar-refractivity contribution in [1.29, 1.82) is 0 Å². The Morgan fingerprint density at radius 1 is 1.16 bits per heavy atom. The number of hydrogen-bond acceptors (Lipinski definition) is 3. The van der Waals surface area contributed by atoms with Crippen LogP contribution >= 0.6 is 11.6 Å². The van der Waals surface area contributed by atoms with Gasteiger partial charge in [-0.2, -0.15) is 10.2 Å². The number of rotatable bonds is 5. The molecule has 0 aliphatic carbocycles. The molecule has 0 aliphatic heterocycles. The monoisotopic (exact) mass is 357 g/mol. The molecule has 3 rings (SSSR count). The van der Waals surface area contributed by atoms with Gasteiger partial charge in [0, 0.05) is 12.3 Å². The predicted octanol–water partition coefficient (Wildman–Crippen LogP) is 3.35. The summed E-state index contributed by atoms with van der Waals surface area (Å²) >= 11 is 6.10. The van der Waals surface area contributed by atoms with Gasteiger partial charge in [-0.3, -0.25) is 14.2 Å². The lowest BCUT2D eigenvalue weighted by atomic mass is 10.1. The summed E-state index contributed by atoms with van der Waals surface area (Å²) in [4.78, 5) is 12.2. The van der Waals surface area contributed by atoms with Gasteiger partial charge in [0.05, 0.1) is 23.0 Å². The van der Waals surface area contributed by atoms with Crippen LogP contribution in [0.15, 0.2) is 36.5 Å². The molecular weight excluding hydrogens is 338 g/mol. The van der Waals surface area contributed by atoms with Crippen molar-refractivity contribution in [3.8, 4) is 0 Å². The average Bonchev–Trinajstić information content (AvgIpc) is 3.10. The average molecular weight is 358 g/mol. The Morgan fingerprint density at radius 2 is 1.92 bits per heavy atom. The van der Waals surface area contributed by atoms with Crippen molar-refractivity contribution in [2.75, 3.05) is 5.32 Å². The van der Waals surface area contributed by atoms with Crippen LogP contribution in [-0.2, 0) is 17.9 Å². The van der Waals surface area contributed by atoms with Crippen molar-refractivity contribution >= 4 is 23.3 Å². The zero-order chi connectivity index (χ0) is 18.0. The second-order valence-corrected chi connectivity index (χ2v) is 6.39. The summed E-state index contributed by atoms with van der Waals surface area (Å²) in [7, 11) is 0. The minimum atomic E-state index is -0.191. The molecule has 1 N–H and O–H groups in total. The molecule has 0 saturated heterocycles. The van der Waals surface area contributed by atoms with E-state index >= 15 is 0 Å². The van der Waals surface area contributed by atoms with E-state index in [0.29, 0.717) is 17.4 Å². The van der Waals surface area contributed by atoms with E-state index in [0.717, 1.165) is 11.4 Å². The highest BCUT2D eigenvalue weighted by molar-refractivity contribution is 6.31.